The summed E-state index contributed by atoms with van der Waals surface area (Å²) in [5, 5.41) is 3.45. The van der Waals surface area contributed by atoms with Crippen molar-refractivity contribution in [3.63, 3.8) is 0 Å². The molecular weight excluding hydrogens is 241 g/mol. The highest BCUT2D eigenvalue weighted by Gasteiger charge is 2.14. The molecule has 1 aromatic carbocycles. The predicted octanol–water partition coefficient (Wildman–Crippen LogP) is 3.34. The van der Waals surface area contributed by atoms with Gasteiger partial charge in [-0.25, -0.2) is 4.39 Å². The molecule has 19 heavy (non-hydrogen) atoms. The molecule has 2 unspecified atom stereocenters. The van der Waals surface area contributed by atoms with E-state index >= 15 is 0 Å². The van der Waals surface area contributed by atoms with Crippen LogP contribution in [-0.4, -0.2) is 9.97 Å². The molecule has 0 spiro atoms. The van der Waals surface area contributed by atoms with Gasteiger partial charge in [0.1, 0.15) is 5.82 Å². The molecule has 1 aromatic heterocycles. The van der Waals surface area contributed by atoms with Gasteiger partial charge in [-0.15, -0.1) is 0 Å². The third-order valence-electron chi connectivity index (χ3n) is 3.20. The first-order valence-corrected chi connectivity index (χ1v) is 6.37. The van der Waals surface area contributed by atoms with E-state index in [0.29, 0.717) is 0 Å². The zero-order valence-electron chi connectivity index (χ0n) is 11.4. The minimum atomic E-state index is -0.214. The summed E-state index contributed by atoms with van der Waals surface area (Å²) in [5.74, 6) is -0.214. The smallest absolute Gasteiger partial charge is 0.123 e. The lowest BCUT2D eigenvalue weighted by atomic mass is 10.1. The van der Waals surface area contributed by atoms with Crippen LogP contribution < -0.4 is 5.32 Å². The van der Waals surface area contributed by atoms with Gasteiger partial charge < -0.3 is 5.32 Å². The molecule has 4 heteroatoms. The van der Waals surface area contributed by atoms with Crippen LogP contribution in [0.5, 0.6) is 0 Å². The van der Waals surface area contributed by atoms with Crippen molar-refractivity contribution >= 4 is 0 Å². The monoisotopic (exact) mass is 259 g/mol. The molecule has 0 amide bonds. The molecule has 0 saturated heterocycles. The summed E-state index contributed by atoms with van der Waals surface area (Å²) in [7, 11) is 0. The van der Waals surface area contributed by atoms with Crippen molar-refractivity contribution in [3.05, 3.63) is 59.4 Å². The van der Waals surface area contributed by atoms with Crippen LogP contribution in [0.3, 0.4) is 0 Å². The van der Waals surface area contributed by atoms with E-state index in [1.165, 1.54) is 12.1 Å². The fourth-order valence-electron chi connectivity index (χ4n) is 2.15. The van der Waals surface area contributed by atoms with E-state index in [9.17, 15) is 4.39 Å². The normalized spacial score (nSPS) is 14.1. The Morgan fingerprint density at radius 1 is 1.00 bits per heavy atom. The summed E-state index contributed by atoms with van der Waals surface area (Å²) < 4.78 is 12.9. The van der Waals surface area contributed by atoms with E-state index in [0.717, 1.165) is 17.0 Å². The Kier molecular flexibility index (Phi) is 4.22. The molecule has 2 aromatic rings. The van der Waals surface area contributed by atoms with Crippen LogP contribution in [0.4, 0.5) is 4.39 Å². The highest BCUT2D eigenvalue weighted by molar-refractivity contribution is 5.20. The molecular formula is C15H18FN3. The van der Waals surface area contributed by atoms with Gasteiger partial charge in [-0.1, -0.05) is 12.1 Å². The van der Waals surface area contributed by atoms with E-state index in [1.54, 1.807) is 24.5 Å². The first-order valence-electron chi connectivity index (χ1n) is 6.37. The van der Waals surface area contributed by atoms with Crippen molar-refractivity contribution in [3.8, 4) is 0 Å². The van der Waals surface area contributed by atoms with Crippen LogP contribution >= 0.6 is 0 Å². The third-order valence-corrected chi connectivity index (χ3v) is 3.20. The van der Waals surface area contributed by atoms with Gasteiger partial charge in [-0.3, -0.25) is 9.97 Å². The average molecular weight is 259 g/mol. The van der Waals surface area contributed by atoms with E-state index in [1.807, 2.05) is 6.92 Å². The average Bonchev–Trinajstić information content (AvgIpc) is 2.39. The Labute approximate surface area is 112 Å². The fourth-order valence-corrected chi connectivity index (χ4v) is 2.15. The van der Waals surface area contributed by atoms with Crippen molar-refractivity contribution in [1.29, 1.82) is 0 Å². The number of aromatic nitrogens is 2. The van der Waals surface area contributed by atoms with Crippen LogP contribution in [0.15, 0.2) is 36.7 Å². The number of halogens is 1. The van der Waals surface area contributed by atoms with Gasteiger partial charge in [0.2, 0.25) is 0 Å². The van der Waals surface area contributed by atoms with Crippen molar-refractivity contribution in [1.82, 2.24) is 15.3 Å². The van der Waals surface area contributed by atoms with Gasteiger partial charge in [0.25, 0.3) is 0 Å². The van der Waals surface area contributed by atoms with Crippen molar-refractivity contribution < 1.29 is 4.39 Å². The zero-order valence-corrected chi connectivity index (χ0v) is 11.4. The minimum absolute atomic E-state index is 0.0914. The van der Waals surface area contributed by atoms with E-state index < -0.39 is 0 Å². The molecule has 0 aliphatic rings. The molecule has 0 saturated carbocycles. The molecule has 0 aliphatic carbocycles. The van der Waals surface area contributed by atoms with Crippen LogP contribution in [0.2, 0.25) is 0 Å². The number of hydrogen-bond acceptors (Lipinski definition) is 3. The Hall–Kier alpha value is -1.81. The van der Waals surface area contributed by atoms with Gasteiger partial charge in [0.05, 0.1) is 11.4 Å². The SMILES string of the molecule is Cc1nccnc1C(C)NC(C)c1ccc(F)cc1. The second-order valence-corrected chi connectivity index (χ2v) is 4.69. The quantitative estimate of drug-likeness (QED) is 0.915. The summed E-state index contributed by atoms with van der Waals surface area (Å²) in [4.78, 5) is 8.59. The summed E-state index contributed by atoms with van der Waals surface area (Å²) in [6.45, 7) is 6.05. The number of nitrogens with zero attached hydrogens (tertiary/aromatic N) is 2. The standard InChI is InChI=1S/C15H18FN3/c1-10(13-4-6-14(16)7-5-13)19-12(3)15-11(2)17-8-9-18-15/h4-10,12,19H,1-3H3. The number of aryl methyl sites for hydroxylation is 1. The summed E-state index contributed by atoms with van der Waals surface area (Å²) >= 11 is 0. The van der Waals surface area contributed by atoms with Gasteiger partial charge in [-0.05, 0) is 38.5 Å². The number of benzene rings is 1. The van der Waals surface area contributed by atoms with E-state index in [-0.39, 0.29) is 17.9 Å². The predicted molar refractivity (Wildman–Crippen MR) is 73.1 cm³/mol. The Morgan fingerprint density at radius 3 is 2.26 bits per heavy atom. The Bertz CT molecular complexity index is 539. The zero-order chi connectivity index (χ0) is 13.8. The van der Waals surface area contributed by atoms with Crippen molar-refractivity contribution in [2.24, 2.45) is 0 Å². The Balaban J connectivity index is 2.08. The molecule has 2 atom stereocenters. The Morgan fingerprint density at radius 2 is 1.63 bits per heavy atom. The maximum absolute atomic E-state index is 12.9. The van der Waals surface area contributed by atoms with Gasteiger partial charge in [-0.2, -0.15) is 0 Å². The van der Waals surface area contributed by atoms with Gasteiger partial charge >= 0.3 is 0 Å². The van der Waals surface area contributed by atoms with Crippen LogP contribution in [0, 0.1) is 12.7 Å². The maximum Gasteiger partial charge on any atom is 0.123 e. The highest BCUT2D eigenvalue weighted by atomic mass is 19.1. The molecule has 1 N–H and O–H groups in total. The second-order valence-electron chi connectivity index (χ2n) is 4.69. The minimum Gasteiger partial charge on any atom is -0.302 e. The molecule has 0 radical (unpaired) electrons. The molecule has 0 aliphatic heterocycles. The summed E-state index contributed by atoms with van der Waals surface area (Å²) in [6.07, 6.45) is 3.39. The van der Waals surface area contributed by atoms with E-state index in [4.69, 9.17) is 0 Å². The lowest BCUT2D eigenvalue weighted by Gasteiger charge is -2.20. The van der Waals surface area contributed by atoms with Crippen molar-refractivity contribution in [2.75, 3.05) is 0 Å². The van der Waals surface area contributed by atoms with Crippen LogP contribution in [0.1, 0.15) is 42.9 Å². The maximum atomic E-state index is 12.9. The molecule has 3 nitrogen and oxygen atoms in total. The van der Waals surface area contributed by atoms with Gasteiger partial charge in [0.15, 0.2) is 0 Å². The second kappa shape index (κ2) is 5.89. The topological polar surface area (TPSA) is 37.8 Å². The first-order chi connectivity index (χ1) is 9.08. The third kappa shape index (κ3) is 3.35. The van der Waals surface area contributed by atoms with E-state index in [2.05, 4.69) is 29.1 Å². The van der Waals surface area contributed by atoms with Crippen LogP contribution in [-0.2, 0) is 0 Å². The molecule has 2 rings (SSSR count). The van der Waals surface area contributed by atoms with Crippen LogP contribution in [0.25, 0.3) is 0 Å². The number of nitrogens with one attached hydrogen (secondary N) is 1. The molecule has 1 heterocycles. The summed E-state index contributed by atoms with van der Waals surface area (Å²) in [5.41, 5.74) is 2.92. The number of hydrogen-bond donors (Lipinski definition) is 1. The van der Waals surface area contributed by atoms with Gasteiger partial charge in [0, 0.05) is 24.5 Å². The lowest BCUT2D eigenvalue weighted by molar-refractivity contribution is 0.482. The largest absolute Gasteiger partial charge is 0.302 e. The first kappa shape index (κ1) is 13.6. The molecule has 100 valence electrons. The molecule has 0 fully saturated rings. The highest BCUT2D eigenvalue weighted by Crippen LogP contribution is 2.19. The van der Waals surface area contributed by atoms with Crippen molar-refractivity contribution in [2.45, 2.75) is 32.9 Å². The number of rotatable bonds is 4. The lowest BCUT2D eigenvalue weighted by Crippen LogP contribution is -2.24. The summed E-state index contributed by atoms with van der Waals surface area (Å²) in [6, 6.07) is 6.76. The fraction of sp³-hybridized carbons (Fsp3) is 0.333. The molecule has 0 bridgehead atoms.